The van der Waals surface area contributed by atoms with Gasteiger partial charge in [-0.3, -0.25) is 9.78 Å². The lowest BCUT2D eigenvalue weighted by molar-refractivity contribution is 0.774. The average Bonchev–Trinajstić information content (AvgIpc) is 2.93. The summed E-state index contributed by atoms with van der Waals surface area (Å²) >= 11 is 0. The van der Waals surface area contributed by atoms with Crippen molar-refractivity contribution < 1.29 is 0 Å². The summed E-state index contributed by atoms with van der Waals surface area (Å²) in [6.45, 7) is 11.1. The van der Waals surface area contributed by atoms with E-state index in [0.29, 0.717) is 0 Å². The molecule has 6 rings (SSSR count). The highest BCUT2D eigenvalue weighted by Gasteiger charge is 2.35. The van der Waals surface area contributed by atoms with Crippen LogP contribution in [-0.2, 0) is 18.3 Å². The highest BCUT2D eigenvalue weighted by Crippen LogP contribution is 2.43. The maximum absolute atomic E-state index is 12.7. The summed E-state index contributed by atoms with van der Waals surface area (Å²) < 4.78 is 0. The third-order valence-corrected chi connectivity index (χ3v) is 7.70. The first-order valence-electron chi connectivity index (χ1n) is 12.7. The van der Waals surface area contributed by atoms with Crippen LogP contribution in [0.1, 0.15) is 40.3 Å². The van der Waals surface area contributed by atoms with Crippen molar-refractivity contribution in [3.63, 3.8) is 0 Å². The number of aromatic amines is 1. The Kier molecular flexibility index (Phi) is 5.49. The number of hydrogen-bond acceptors (Lipinski definition) is 2. The minimum absolute atomic E-state index is 0.115. The maximum Gasteiger partial charge on any atom is 0.249 e. The SMILES string of the molecule is C=CC1(c2cccnc2)c2ccc(CC)c(c2)C(=C)Cc2cccc(c2)-c2cc(=O)[nH]c3ccc1cc23. The zero-order valence-electron chi connectivity index (χ0n) is 20.9. The van der Waals surface area contributed by atoms with Gasteiger partial charge >= 0.3 is 0 Å². The number of pyridine rings is 2. The molecule has 1 aliphatic carbocycles. The van der Waals surface area contributed by atoms with Crippen LogP contribution in [0.25, 0.3) is 27.6 Å². The van der Waals surface area contributed by atoms with Gasteiger partial charge in [0.1, 0.15) is 0 Å². The van der Waals surface area contributed by atoms with Crippen LogP contribution < -0.4 is 5.56 Å². The number of rotatable bonds is 3. The first-order valence-corrected chi connectivity index (χ1v) is 12.7. The van der Waals surface area contributed by atoms with Crippen LogP contribution in [0.4, 0.5) is 0 Å². The van der Waals surface area contributed by atoms with Gasteiger partial charge in [0.05, 0.1) is 5.41 Å². The van der Waals surface area contributed by atoms with Gasteiger partial charge in [-0.1, -0.05) is 68.1 Å². The molecule has 3 heteroatoms. The fourth-order valence-electron chi connectivity index (χ4n) is 5.84. The number of nitrogens with zero attached hydrogens (tertiary/aromatic N) is 1. The predicted octanol–water partition coefficient (Wildman–Crippen LogP) is 7.24. The lowest BCUT2D eigenvalue weighted by Gasteiger charge is -2.33. The zero-order valence-corrected chi connectivity index (χ0v) is 20.9. The molecule has 37 heavy (non-hydrogen) atoms. The molecule has 2 heterocycles. The van der Waals surface area contributed by atoms with Crippen LogP contribution in [0.3, 0.4) is 0 Å². The normalized spacial score (nSPS) is 16.6. The summed E-state index contributed by atoms with van der Waals surface area (Å²) in [6.07, 6.45) is 7.38. The van der Waals surface area contributed by atoms with Crippen LogP contribution in [0.5, 0.6) is 0 Å². The molecule has 0 saturated heterocycles. The number of fused-ring (bicyclic) bond motifs is 6. The zero-order chi connectivity index (χ0) is 25.6. The molecular weight excluding hydrogens is 452 g/mol. The summed E-state index contributed by atoms with van der Waals surface area (Å²) in [5.41, 5.74) is 9.87. The van der Waals surface area contributed by atoms with Crippen molar-refractivity contribution >= 4 is 16.5 Å². The Bertz CT molecular complexity index is 1750. The van der Waals surface area contributed by atoms with Gasteiger partial charge in [0.15, 0.2) is 0 Å². The lowest BCUT2D eigenvalue weighted by atomic mass is 9.69. The first kappa shape index (κ1) is 22.9. The molecule has 1 N–H and O–H groups in total. The summed E-state index contributed by atoms with van der Waals surface area (Å²) in [7, 11) is 0. The molecule has 1 atom stereocenters. The Hall–Kier alpha value is -4.50. The minimum Gasteiger partial charge on any atom is -0.322 e. The molecule has 1 aliphatic rings. The molecule has 3 aromatic carbocycles. The number of hydrogen-bond donors (Lipinski definition) is 1. The summed E-state index contributed by atoms with van der Waals surface area (Å²) in [5.74, 6) is 0. The molecule has 0 aliphatic heterocycles. The van der Waals surface area contributed by atoms with Gasteiger partial charge in [-0.05, 0) is 87.2 Å². The number of nitrogens with one attached hydrogen (secondary N) is 1. The van der Waals surface area contributed by atoms with Gasteiger partial charge in [0.25, 0.3) is 0 Å². The third-order valence-electron chi connectivity index (χ3n) is 7.70. The molecule has 0 radical (unpaired) electrons. The topological polar surface area (TPSA) is 45.8 Å². The molecule has 0 fully saturated rings. The van der Waals surface area contributed by atoms with Gasteiger partial charge in [-0.15, -0.1) is 6.58 Å². The van der Waals surface area contributed by atoms with E-state index in [9.17, 15) is 4.79 Å². The summed E-state index contributed by atoms with van der Waals surface area (Å²) in [6, 6.07) is 27.3. The van der Waals surface area contributed by atoms with Crippen molar-refractivity contribution in [1.29, 1.82) is 0 Å². The number of allylic oxidation sites excluding steroid dienone is 2. The fraction of sp³-hybridized carbons (Fsp3) is 0.118. The average molecular weight is 481 g/mol. The van der Waals surface area contributed by atoms with Gasteiger partial charge in [0, 0.05) is 29.4 Å². The van der Waals surface area contributed by atoms with E-state index in [1.807, 2.05) is 24.4 Å². The lowest BCUT2D eigenvalue weighted by Crippen LogP contribution is -2.27. The Morgan fingerprint density at radius 3 is 2.57 bits per heavy atom. The Morgan fingerprint density at radius 1 is 0.946 bits per heavy atom. The van der Waals surface area contributed by atoms with Gasteiger partial charge in [-0.25, -0.2) is 0 Å². The standard InChI is InChI=1S/C34H28N2O/c1-4-24-11-12-26-18-29(24)22(3)16-23-8-6-9-25(17-23)30-20-33(37)36-32-14-13-27(19-31(30)32)34(26,5-2)28-10-7-15-35-21-28/h5-15,17-21H,2-4,16H2,1H3,(H,36,37). The van der Waals surface area contributed by atoms with Crippen molar-refractivity contribution in [3.8, 4) is 11.1 Å². The second-order valence-electron chi connectivity index (χ2n) is 9.77. The predicted molar refractivity (Wildman–Crippen MR) is 153 cm³/mol. The molecular formula is C34H28N2O. The fourth-order valence-corrected chi connectivity index (χ4v) is 5.84. The summed E-state index contributed by atoms with van der Waals surface area (Å²) in [4.78, 5) is 20.2. The molecule has 2 aromatic heterocycles. The van der Waals surface area contributed by atoms with Crippen LogP contribution >= 0.6 is 0 Å². The highest BCUT2D eigenvalue weighted by atomic mass is 16.1. The van der Waals surface area contributed by atoms with E-state index < -0.39 is 5.41 Å². The molecule has 3 nitrogen and oxygen atoms in total. The Labute approximate surface area is 216 Å². The highest BCUT2D eigenvalue weighted by molar-refractivity contribution is 5.95. The largest absolute Gasteiger partial charge is 0.322 e. The number of aromatic nitrogens is 2. The van der Waals surface area contributed by atoms with Crippen molar-refractivity contribution in [1.82, 2.24) is 9.97 Å². The monoisotopic (exact) mass is 480 g/mol. The van der Waals surface area contributed by atoms with E-state index in [0.717, 1.165) is 57.1 Å². The van der Waals surface area contributed by atoms with Gasteiger partial charge in [-0.2, -0.15) is 0 Å². The van der Waals surface area contributed by atoms with Crippen LogP contribution in [0, 0.1) is 0 Å². The molecule has 1 unspecified atom stereocenters. The van der Waals surface area contributed by atoms with Crippen molar-refractivity contribution in [2.75, 3.05) is 0 Å². The maximum atomic E-state index is 12.7. The van der Waals surface area contributed by atoms with E-state index in [2.05, 4.69) is 90.7 Å². The van der Waals surface area contributed by atoms with Gasteiger partial charge < -0.3 is 4.98 Å². The van der Waals surface area contributed by atoms with Crippen molar-refractivity contribution in [2.24, 2.45) is 0 Å². The van der Waals surface area contributed by atoms with Crippen LogP contribution in [0.15, 0.2) is 115 Å². The van der Waals surface area contributed by atoms with E-state index in [1.165, 1.54) is 16.7 Å². The van der Waals surface area contributed by atoms with Crippen molar-refractivity contribution in [3.05, 3.63) is 154 Å². The van der Waals surface area contributed by atoms with E-state index in [1.54, 1.807) is 12.3 Å². The minimum atomic E-state index is -0.649. The number of benzene rings is 3. The Balaban J connectivity index is 1.79. The van der Waals surface area contributed by atoms with Gasteiger partial charge in [0.2, 0.25) is 5.56 Å². The summed E-state index contributed by atoms with van der Waals surface area (Å²) in [5, 5.41) is 0.993. The Morgan fingerprint density at radius 2 is 1.78 bits per heavy atom. The second-order valence-corrected chi connectivity index (χ2v) is 9.77. The quantitative estimate of drug-likeness (QED) is 0.277. The second kappa shape index (κ2) is 8.86. The molecule has 180 valence electrons. The molecule has 6 bridgehead atoms. The van der Waals surface area contributed by atoms with Crippen molar-refractivity contribution in [2.45, 2.75) is 25.2 Å². The molecule has 0 saturated carbocycles. The van der Waals surface area contributed by atoms with E-state index in [-0.39, 0.29) is 5.56 Å². The van der Waals surface area contributed by atoms with E-state index in [4.69, 9.17) is 0 Å². The van der Waals surface area contributed by atoms with E-state index >= 15 is 0 Å². The molecule has 5 aromatic rings. The number of aryl methyl sites for hydroxylation is 1. The third kappa shape index (κ3) is 3.66. The van der Waals surface area contributed by atoms with Crippen LogP contribution in [-0.4, -0.2) is 9.97 Å². The smallest absolute Gasteiger partial charge is 0.249 e. The number of H-pyrrole nitrogens is 1. The first-order chi connectivity index (χ1) is 18.0. The van der Waals surface area contributed by atoms with Crippen LogP contribution in [0.2, 0.25) is 0 Å². The molecule has 0 amide bonds. The molecule has 0 spiro atoms.